The van der Waals surface area contributed by atoms with Crippen LogP contribution in [0.5, 0.6) is 5.75 Å². The number of fused-ring (bicyclic) bond motifs is 1. The lowest BCUT2D eigenvalue weighted by atomic mass is 10.1. The van der Waals surface area contributed by atoms with E-state index in [0.29, 0.717) is 24.9 Å². The zero-order chi connectivity index (χ0) is 14.1. The molecule has 0 saturated carbocycles. The highest BCUT2D eigenvalue weighted by Gasteiger charge is 2.37. The molecule has 1 aromatic heterocycles. The largest absolute Gasteiger partial charge is 0.493 e. The molecule has 1 aromatic rings. The summed E-state index contributed by atoms with van der Waals surface area (Å²) in [7, 11) is 1.60. The molecule has 0 aliphatic carbocycles. The molecule has 0 amide bonds. The lowest BCUT2D eigenvalue weighted by molar-refractivity contribution is -0.106. The Balaban J connectivity index is 1.78. The summed E-state index contributed by atoms with van der Waals surface area (Å²) in [6, 6.07) is 0.538. The summed E-state index contributed by atoms with van der Waals surface area (Å²) >= 11 is 0. The van der Waals surface area contributed by atoms with Crippen molar-refractivity contribution in [2.24, 2.45) is 0 Å². The van der Waals surface area contributed by atoms with Gasteiger partial charge in [0.15, 0.2) is 5.75 Å². The highest BCUT2D eigenvalue weighted by molar-refractivity contribution is 5.28. The monoisotopic (exact) mass is 281 g/mol. The van der Waals surface area contributed by atoms with Crippen LogP contribution >= 0.6 is 0 Å². The third kappa shape index (κ3) is 2.32. The molecule has 2 aliphatic heterocycles. The second kappa shape index (κ2) is 5.71. The van der Waals surface area contributed by atoms with Crippen molar-refractivity contribution in [3.8, 4) is 5.75 Å². The molecule has 2 saturated heterocycles. The van der Waals surface area contributed by atoms with Gasteiger partial charge in [0.25, 0.3) is 0 Å². The number of nitrogens with zero attached hydrogens (tertiary/aromatic N) is 3. The van der Waals surface area contributed by atoms with Gasteiger partial charge in [-0.3, -0.25) is 9.58 Å². The first kappa shape index (κ1) is 13.9. The molecule has 3 atom stereocenters. The van der Waals surface area contributed by atoms with E-state index >= 15 is 0 Å². The van der Waals surface area contributed by atoms with Gasteiger partial charge in [-0.15, -0.1) is 0 Å². The van der Waals surface area contributed by atoms with Crippen LogP contribution in [0.1, 0.15) is 31.6 Å². The van der Waals surface area contributed by atoms with Gasteiger partial charge in [0.2, 0.25) is 0 Å². The number of aryl methyl sites for hydroxylation is 1. The predicted octanol–water partition coefficient (Wildman–Crippen LogP) is 0.808. The molecule has 0 spiro atoms. The molecule has 0 radical (unpaired) electrons. The fraction of sp³-hybridized carbons (Fsp3) is 0.786. The van der Waals surface area contributed by atoms with Crippen molar-refractivity contribution in [3.63, 3.8) is 0 Å². The second-order valence-electron chi connectivity index (χ2n) is 5.52. The van der Waals surface area contributed by atoms with Gasteiger partial charge in [0, 0.05) is 19.1 Å². The number of rotatable bonds is 4. The van der Waals surface area contributed by atoms with Gasteiger partial charge in [-0.1, -0.05) is 0 Å². The summed E-state index contributed by atoms with van der Waals surface area (Å²) in [5.74, 6) is 0.631. The van der Waals surface area contributed by atoms with Crippen LogP contribution in [0.15, 0.2) is 6.20 Å². The van der Waals surface area contributed by atoms with Crippen molar-refractivity contribution in [2.45, 2.75) is 44.6 Å². The summed E-state index contributed by atoms with van der Waals surface area (Å²) in [4.78, 5) is 2.43. The van der Waals surface area contributed by atoms with E-state index in [2.05, 4.69) is 10.00 Å². The van der Waals surface area contributed by atoms with E-state index in [1.54, 1.807) is 18.0 Å². The third-order valence-electron chi connectivity index (χ3n) is 4.41. The molecule has 3 rings (SSSR count). The Morgan fingerprint density at radius 1 is 1.60 bits per heavy atom. The minimum atomic E-state index is -0.700. The van der Waals surface area contributed by atoms with Crippen molar-refractivity contribution < 1.29 is 14.6 Å². The maximum atomic E-state index is 10.7. The minimum absolute atomic E-state index is 0.208. The van der Waals surface area contributed by atoms with Crippen LogP contribution in [0, 0.1) is 0 Å². The van der Waals surface area contributed by atoms with E-state index in [1.807, 2.05) is 6.92 Å². The van der Waals surface area contributed by atoms with E-state index in [4.69, 9.17) is 9.47 Å². The molecule has 3 unspecified atom stereocenters. The van der Waals surface area contributed by atoms with Crippen LogP contribution in [0.4, 0.5) is 0 Å². The van der Waals surface area contributed by atoms with Crippen LogP contribution < -0.4 is 4.74 Å². The lowest BCUT2D eigenvalue weighted by Crippen LogP contribution is -2.48. The maximum absolute atomic E-state index is 10.7. The first-order valence-electron chi connectivity index (χ1n) is 7.38. The quantitative estimate of drug-likeness (QED) is 0.885. The van der Waals surface area contributed by atoms with Crippen LogP contribution in [0.3, 0.4) is 0 Å². The van der Waals surface area contributed by atoms with Gasteiger partial charge < -0.3 is 14.6 Å². The molecule has 0 bridgehead atoms. The lowest BCUT2D eigenvalue weighted by Gasteiger charge is -2.37. The number of aliphatic hydroxyl groups excluding tert-OH is 1. The minimum Gasteiger partial charge on any atom is -0.493 e. The summed E-state index contributed by atoms with van der Waals surface area (Å²) in [5.41, 5.74) is 0.720. The highest BCUT2D eigenvalue weighted by atomic mass is 16.5. The molecule has 6 heteroatoms. The Morgan fingerprint density at radius 2 is 2.45 bits per heavy atom. The van der Waals surface area contributed by atoms with Gasteiger partial charge in [-0.2, -0.15) is 5.10 Å². The fourth-order valence-corrected chi connectivity index (χ4v) is 3.30. The van der Waals surface area contributed by atoms with E-state index in [-0.39, 0.29) is 6.10 Å². The Labute approximate surface area is 119 Å². The molecule has 2 fully saturated rings. The topological polar surface area (TPSA) is 59.8 Å². The number of hydrogen-bond donors (Lipinski definition) is 1. The highest BCUT2D eigenvalue weighted by Crippen LogP contribution is 2.32. The van der Waals surface area contributed by atoms with Crippen molar-refractivity contribution in [3.05, 3.63) is 11.9 Å². The number of methoxy groups -OCH3 is 1. The van der Waals surface area contributed by atoms with Crippen molar-refractivity contribution in [1.29, 1.82) is 0 Å². The first-order valence-corrected chi connectivity index (χ1v) is 7.38. The zero-order valence-corrected chi connectivity index (χ0v) is 12.2. The standard InChI is InChI=1S/C14H23N3O3/c1-3-17-13(11(19-2)7-15-17)14(18)12-8-16-6-4-5-10(16)9-20-12/h7,10,12,14,18H,3-6,8-9H2,1-2H3. The van der Waals surface area contributed by atoms with Gasteiger partial charge >= 0.3 is 0 Å². The number of morpholine rings is 1. The van der Waals surface area contributed by atoms with E-state index in [0.717, 1.165) is 18.8 Å². The van der Waals surface area contributed by atoms with E-state index in [1.165, 1.54) is 12.8 Å². The van der Waals surface area contributed by atoms with Crippen LogP contribution in [-0.2, 0) is 11.3 Å². The molecule has 2 aliphatic rings. The molecule has 0 aromatic carbocycles. The van der Waals surface area contributed by atoms with Crippen LogP contribution in [-0.4, -0.2) is 58.7 Å². The Hall–Kier alpha value is -1.11. The molecule has 6 nitrogen and oxygen atoms in total. The fourth-order valence-electron chi connectivity index (χ4n) is 3.30. The van der Waals surface area contributed by atoms with Gasteiger partial charge in [0.05, 0.1) is 19.9 Å². The maximum Gasteiger partial charge on any atom is 0.162 e. The first-order chi connectivity index (χ1) is 9.74. The molecule has 1 N–H and O–H groups in total. The Morgan fingerprint density at radius 3 is 3.20 bits per heavy atom. The number of aromatic nitrogens is 2. The average molecular weight is 281 g/mol. The van der Waals surface area contributed by atoms with Crippen LogP contribution in [0.2, 0.25) is 0 Å². The summed E-state index contributed by atoms with van der Waals surface area (Å²) in [6.45, 7) is 5.31. The summed E-state index contributed by atoms with van der Waals surface area (Å²) in [6.07, 6.45) is 3.18. The van der Waals surface area contributed by atoms with Gasteiger partial charge in [-0.25, -0.2) is 0 Å². The predicted molar refractivity (Wildman–Crippen MR) is 73.7 cm³/mol. The molecule has 112 valence electrons. The molecular formula is C14H23N3O3. The summed E-state index contributed by atoms with van der Waals surface area (Å²) in [5, 5.41) is 14.9. The Kier molecular flexibility index (Phi) is 3.96. The van der Waals surface area contributed by atoms with Crippen molar-refractivity contribution >= 4 is 0 Å². The van der Waals surface area contributed by atoms with Crippen molar-refractivity contribution in [2.75, 3.05) is 26.8 Å². The van der Waals surface area contributed by atoms with E-state index in [9.17, 15) is 5.11 Å². The van der Waals surface area contributed by atoms with Crippen LogP contribution in [0.25, 0.3) is 0 Å². The third-order valence-corrected chi connectivity index (χ3v) is 4.41. The van der Waals surface area contributed by atoms with Gasteiger partial charge in [-0.05, 0) is 26.3 Å². The summed E-state index contributed by atoms with van der Waals surface area (Å²) < 4.78 is 13.0. The number of ether oxygens (including phenoxy) is 2. The SMILES string of the molecule is CCn1ncc(OC)c1C(O)C1CN2CCCC2CO1. The van der Waals surface area contributed by atoms with Crippen molar-refractivity contribution in [1.82, 2.24) is 14.7 Å². The average Bonchev–Trinajstić information content (AvgIpc) is 3.11. The normalized spacial score (nSPS) is 28.4. The zero-order valence-electron chi connectivity index (χ0n) is 12.2. The van der Waals surface area contributed by atoms with E-state index < -0.39 is 6.10 Å². The molecule has 20 heavy (non-hydrogen) atoms. The molecular weight excluding hydrogens is 258 g/mol. The second-order valence-corrected chi connectivity index (χ2v) is 5.52. The van der Waals surface area contributed by atoms with Gasteiger partial charge in [0.1, 0.15) is 17.9 Å². The molecule has 3 heterocycles. The smallest absolute Gasteiger partial charge is 0.162 e. The Bertz CT molecular complexity index is 441. The number of aliphatic hydroxyl groups is 1. The number of hydrogen-bond acceptors (Lipinski definition) is 5.